The zero-order valence-corrected chi connectivity index (χ0v) is 9.48. The Balaban J connectivity index is 2.76. The van der Waals surface area contributed by atoms with Crippen LogP contribution < -0.4 is 5.32 Å². The lowest BCUT2D eigenvalue weighted by molar-refractivity contribution is -0.145. The van der Waals surface area contributed by atoms with Gasteiger partial charge < -0.3 is 10.1 Å². The van der Waals surface area contributed by atoms with Crippen LogP contribution in [0.4, 0.5) is 0 Å². The van der Waals surface area contributed by atoms with Gasteiger partial charge in [0.05, 0.1) is 6.61 Å². The normalized spacial score (nSPS) is 12.5. The Bertz CT molecular complexity index is 309. The highest BCUT2D eigenvalue weighted by atomic mass is 32.1. The van der Waals surface area contributed by atoms with Crippen LogP contribution in [-0.2, 0) is 9.53 Å². The van der Waals surface area contributed by atoms with E-state index in [9.17, 15) is 4.79 Å². The lowest BCUT2D eigenvalue weighted by Gasteiger charge is -2.12. The minimum absolute atomic E-state index is 0.211. The Morgan fingerprint density at radius 1 is 1.64 bits per heavy atom. The van der Waals surface area contributed by atoms with Crippen molar-refractivity contribution in [3.8, 4) is 0 Å². The van der Waals surface area contributed by atoms with Gasteiger partial charge in [0.25, 0.3) is 0 Å². The second kappa shape index (κ2) is 5.12. The summed E-state index contributed by atoms with van der Waals surface area (Å²) in [6, 6.07) is 3.63. The molecule has 0 fully saturated rings. The number of rotatable bonds is 4. The zero-order chi connectivity index (χ0) is 10.6. The zero-order valence-electron chi connectivity index (χ0n) is 8.66. The standard InChI is InChI=1S/C10H15NO2S/c1-4-13-10(12)9(11-3)8-6-5-7(2)14-8/h5-6,9,11H,4H2,1-3H3. The highest BCUT2D eigenvalue weighted by molar-refractivity contribution is 7.12. The molecule has 0 amide bonds. The number of hydrogen-bond donors (Lipinski definition) is 1. The van der Waals surface area contributed by atoms with Gasteiger partial charge in [-0.3, -0.25) is 0 Å². The van der Waals surface area contributed by atoms with Crippen molar-refractivity contribution in [2.75, 3.05) is 13.7 Å². The van der Waals surface area contributed by atoms with Gasteiger partial charge in [-0.05, 0) is 33.0 Å². The Kier molecular flexibility index (Phi) is 4.10. The Morgan fingerprint density at radius 2 is 2.36 bits per heavy atom. The van der Waals surface area contributed by atoms with Crippen LogP contribution in [0.5, 0.6) is 0 Å². The maximum absolute atomic E-state index is 11.5. The second-order valence-electron chi connectivity index (χ2n) is 2.92. The van der Waals surface area contributed by atoms with Crippen LogP contribution in [0.2, 0.25) is 0 Å². The predicted molar refractivity (Wildman–Crippen MR) is 57.5 cm³/mol. The van der Waals surface area contributed by atoms with Gasteiger partial charge in [0.1, 0.15) is 6.04 Å². The summed E-state index contributed by atoms with van der Waals surface area (Å²) in [7, 11) is 1.76. The molecule has 0 aliphatic rings. The molecule has 0 aliphatic carbocycles. The summed E-state index contributed by atoms with van der Waals surface area (Å²) >= 11 is 1.61. The fraction of sp³-hybridized carbons (Fsp3) is 0.500. The quantitative estimate of drug-likeness (QED) is 0.776. The van der Waals surface area contributed by atoms with Gasteiger partial charge >= 0.3 is 5.97 Å². The van der Waals surface area contributed by atoms with Gasteiger partial charge in [-0.2, -0.15) is 0 Å². The van der Waals surface area contributed by atoms with Crippen LogP contribution in [0.3, 0.4) is 0 Å². The summed E-state index contributed by atoms with van der Waals surface area (Å²) in [6.07, 6.45) is 0. The third-order valence-electron chi connectivity index (χ3n) is 1.86. The van der Waals surface area contributed by atoms with E-state index in [0.717, 1.165) is 4.88 Å². The lowest BCUT2D eigenvalue weighted by atomic mass is 10.2. The maximum Gasteiger partial charge on any atom is 0.328 e. The van der Waals surface area contributed by atoms with Gasteiger partial charge in [-0.1, -0.05) is 0 Å². The minimum atomic E-state index is -0.325. The van der Waals surface area contributed by atoms with E-state index < -0.39 is 0 Å². The fourth-order valence-electron chi connectivity index (χ4n) is 1.21. The topological polar surface area (TPSA) is 38.3 Å². The molecule has 0 bridgehead atoms. The molecular formula is C10H15NO2S. The van der Waals surface area contributed by atoms with Gasteiger partial charge in [-0.15, -0.1) is 11.3 Å². The van der Waals surface area contributed by atoms with Crippen LogP contribution in [0, 0.1) is 6.92 Å². The third kappa shape index (κ3) is 2.56. The summed E-state index contributed by atoms with van der Waals surface area (Å²) in [5.41, 5.74) is 0. The summed E-state index contributed by atoms with van der Waals surface area (Å²) < 4.78 is 4.96. The molecule has 1 atom stereocenters. The predicted octanol–water partition coefficient (Wildman–Crippen LogP) is 1.88. The van der Waals surface area contributed by atoms with Crippen LogP contribution in [-0.4, -0.2) is 19.6 Å². The van der Waals surface area contributed by atoms with Crippen molar-refractivity contribution in [1.29, 1.82) is 0 Å². The third-order valence-corrected chi connectivity index (χ3v) is 2.92. The van der Waals surface area contributed by atoms with E-state index in [4.69, 9.17) is 4.74 Å². The van der Waals surface area contributed by atoms with Crippen molar-refractivity contribution in [3.63, 3.8) is 0 Å². The number of nitrogens with one attached hydrogen (secondary N) is 1. The first kappa shape index (κ1) is 11.2. The fourth-order valence-corrected chi connectivity index (χ4v) is 2.19. The van der Waals surface area contributed by atoms with Crippen molar-refractivity contribution in [1.82, 2.24) is 5.32 Å². The van der Waals surface area contributed by atoms with Gasteiger partial charge in [0.2, 0.25) is 0 Å². The maximum atomic E-state index is 11.5. The number of aryl methyl sites for hydroxylation is 1. The van der Waals surface area contributed by atoms with E-state index in [-0.39, 0.29) is 12.0 Å². The molecule has 14 heavy (non-hydrogen) atoms. The summed E-state index contributed by atoms with van der Waals surface area (Å²) in [4.78, 5) is 13.7. The molecular weight excluding hydrogens is 198 g/mol. The number of carbonyl (C=O) groups excluding carboxylic acids is 1. The molecule has 1 aromatic rings. The monoisotopic (exact) mass is 213 g/mol. The molecule has 1 aromatic heterocycles. The highest BCUT2D eigenvalue weighted by Gasteiger charge is 2.20. The molecule has 0 spiro atoms. The first-order valence-corrected chi connectivity index (χ1v) is 5.41. The molecule has 0 saturated heterocycles. The Hall–Kier alpha value is -0.870. The smallest absolute Gasteiger partial charge is 0.328 e. The van der Waals surface area contributed by atoms with Gasteiger partial charge in [0.15, 0.2) is 0 Å². The van der Waals surface area contributed by atoms with Crippen molar-refractivity contribution in [3.05, 3.63) is 21.9 Å². The number of hydrogen-bond acceptors (Lipinski definition) is 4. The van der Waals surface area contributed by atoms with E-state index in [0.29, 0.717) is 6.61 Å². The van der Waals surface area contributed by atoms with E-state index in [2.05, 4.69) is 5.32 Å². The molecule has 0 aliphatic heterocycles. The summed E-state index contributed by atoms with van der Waals surface area (Å²) in [6.45, 7) is 4.25. The molecule has 0 saturated carbocycles. The van der Waals surface area contributed by atoms with Gasteiger partial charge in [0, 0.05) is 9.75 Å². The van der Waals surface area contributed by atoms with Crippen LogP contribution in [0.1, 0.15) is 22.7 Å². The van der Waals surface area contributed by atoms with Crippen molar-refractivity contribution < 1.29 is 9.53 Å². The van der Waals surface area contributed by atoms with E-state index in [1.165, 1.54) is 4.88 Å². The number of esters is 1. The van der Waals surface area contributed by atoms with Crippen LogP contribution in [0.15, 0.2) is 12.1 Å². The number of likely N-dealkylation sites (N-methyl/N-ethyl adjacent to an activating group) is 1. The largest absolute Gasteiger partial charge is 0.465 e. The molecule has 1 N–H and O–H groups in total. The summed E-state index contributed by atoms with van der Waals surface area (Å²) in [5.74, 6) is -0.211. The van der Waals surface area contributed by atoms with Crippen LogP contribution >= 0.6 is 11.3 Å². The molecule has 1 rings (SSSR count). The minimum Gasteiger partial charge on any atom is -0.465 e. The first-order valence-electron chi connectivity index (χ1n) is 4.59. The van der Waals surface area contributed by atoms with Crippen molar-refractivity contribution in [2.45, 2.75) is 19.9 Å². The SMILES string of the molecule is CCOC(=O)C(NC)c1ccc(C)s1. The van der Waals surface area contributed by atoms with E-state index >= 15 is 0 Å². The van der Waals surface area contributed by atoms with Crippen molar-refractivity contribution in [2.24, 2.45) is 0 Å². The molecule has 1 heterocycles. The first-order chi connectivity index (χ1) is 6.69. The van der Waals surface area contributed by atoms with E-state index in [1.54, 1.807) is 18.4 Å². The number of ether oxygens (including phenoxy) is 1. The highest BCUT2D eigenvalue weighted by Crippen LogP contribution is 2.23. The summed E-state index contributed by atoms with van der Waals surface area (Å²) in [5, 5.41) is 2.95. The number of thiophene rings is 1. The molecule has 4 heteroatoms. The lowest BCUT2D eigenvalue weighted by Crippen LogP contribution is -2.26. The van der Waals surface area contributed by atoms with E-state index in [1.807, 2.05) is 26.0 Å². The average Bonchev–Trinajstić information content (AvgIpc) is 2.54. The average molecular weight is 213 g/mol. The van der Waals surface area contributed by atoms with Crippen LogP contribution in [0.25, 0.3) is 0 Å². The number of carbonyl (C=O) groups is 1. The molecule has 0 radical (unpaired) electrons. The Morgan fingerprint density at radius 3 is 2.79 bits per heavy atom. The molecule has 3 nitrogen and oxygen atoms in total. The second-order valence-corrected chi connectivity index (χ2v) is 4.24. The molecule has 78 valence electrons. The molecule has 1 unspecified atom stereocenters. The Labute approximate surface area is 88.1 Å². The van der Waals surface area contributed by atoms with Gasteiger partial charge in [-0.25, -0.2) is 4.79 Å². The van der Waals surface area contributed by atoms with Crippen molar-refractivity contribution >= 4 is 17.3 Å². The molecule has 0 aromatic carbocycles.